The highest BCUT2D eigenvalue weighted by atomic mass is 16.5. The van der Waals surface area contributed by atoms with E-state index in [1.165, 1.54) is 6.08 Å². The molecule has 0 bridgehead atoms. The van der Waals surface area contributed by atoms with E-state index in [1.807, 2.05) is 19.1 Å². The van der Waals surface area contributed by atoms with Gasteiger partial charge in [0.1, 0.15) is 0 Å². The van der Waals surface area contributed by atoms with Gasteiger partial charge in [0.2, 0.25) is 5.91 Å². The highest BCUT2D eigenvalue weighted by molar-refractivity contribution is 5.88. The lowest BCUT2D eigenvalue weighted by Gasteiger charge is -2.30. The molecule has 0 N–H and O–H groups in total. The number of ether oxygens (including phenoxy) is 1. The molecule has 18 heavy (non-hydrogen) atoms. The standard InChI is InChI=1S/C14H21NO3/c1-3-5-6-9-13(16)15-10-7-8-12(11-15)14(17)18-4-2/h3,5-6,9,12H,4,7-8,10-11H2,1-2H3. The predicted molar refractivity (Wildman–Crippen MR) is 69.9 cm³/mol. The lowest BCUT2D eigenvalue weighted by atomic mass is 9.98. The minimum Gasteiger partial charge on any atom is -0.466 e. The molecule has 0 aromatic rings. The number of likely N-dealkylation sites (tertiary alicyclic amines) is 1. The molecular formula is C14H21NO3. The Balaban J connectivity index is 2.52. The second kappa shape index (κ2) is 7.69. The maximum absolute atomic E-state index is 11.9. The fourth-order valence-electron chi connectivity index (χ4n) is 1.98. The zero-order valence-corrected chi connectivity index (χ0v) is 11.1. The number of nitrogens with zero attached hydrogens (tertiary/aromatic N) is 1. The molecule has 0 aromatic carbocycles. The molecule has 0 aliphatic carbocycles. The molecule has 1 unspecified atom stereocenters. The Morgan fingerprint density at radius 3 is 2.83 bits per heavy atom. The molecule has 0 aromatic heterocycles. The molecule has 0 spiro atoms. The normalized spacial score (nSPS) is 20.6. The summed E-state index contributed by atoms with van der Waals surface area (Å²) >= 11 is 0. The average molecular weight is 251 g/mol. The topological polar surface area (TPSA) is 46.6 Å². The van der Waals surface area contributed by atoms with Gasteiger partial charge in [0, 0.05) is 19.2 Å². The number of esters is 1. The number of carbonyl (C=O) groups is 2. The van der Waals surface area contributed by atoms with Crippen LogP contribution in [0.5, 0.6) is 0 Å². The Kier molecular flexibility index (Phi) is 6.19. The van der Waals surface area contributed by atoms with Gasteiger partial charge in [0.25, 0.3) is 0 Å². The smallest absolute Gasteiger partial charge is 0.310 e. The zero-order valence-electron chi connectivity index (χ0n) is 11.1. The second-order valence-corrected chi connectivity index (χ2v) is 4.26. The van der Waals surface area contributed by atoms with Gasteiger partial charge in [-0.05, 0) is 26.7 Å². The second-order valence-electron chi connectivity index (χ2n) is 4.26. The van der Waals surface area contributed by atoms with Crippen LogP contribution in [0.25, 0.3) is 0 Å². The molecule has 1 aliphatic heterocycles. The number of hydrogen-bond donors (Lipinski definition) is 0. The Bertz CT molecular complexity index is 347. The molecule has 0 radical (unpaired) electrons. The van der Waals surface area contributed by atoms with Crippen LogP contribution >= 0.6 is 0 Å². The van der Waals surface area contributed by atoms with Crippen LogP contribution in [0.3, 0.4) is 0 Å². The minimum atomic E-state index is -0.188. The third kappa shape index (κ3) is 4.35. The van der Waals surface area contributed by atoms with Gasteiger partial charge in [-0.2, -0.15) is 0 Å². The van der Waals surface area contributed by atoms with E-state index in [-0.39, 0.29) is 17.8 Å². The molecule has 4 nitrogen and oxygen atoms in total. The summed E-state index contributed by atoms with van der Waals surface area (Å²) in [5.41, 5.74) is 0. The molecule has 1 fully saturated rings. The number of hydrogen-bond acceptors (Lipinski definition) is 3. The molecular weight excluding hydrogens is 230 g/mol. The number of carbonyl (C=O) groups excluding carboxylic acids is 2. The van der Waals surface area contributed by atoms with Crippen LogP contribution in [0.4, 0.5) is 0 Å². The van der Waals surface area contributed by atoms with Crippen LogP contribution in [0.2, 0.25) is 0 Å². The number of rotatable bonds is 4. The van der Waals surface area contributed by atoms with Crippen molar-refractivity contribution in [2.24, 2.45) is 5.92 Å². The third-order valence-electron chi connectivity index (χ3n) is 2.90. The van der Waals surface area contributed by atoms with Gasteiger partial charge in [-0.15, -0.1) is 0 Å². The summed E-state index contributed by atoms with van der Waals surface area (Å²) in [5, 5.41) is 0. The van der Waals surface area contributed by atoms with Gasteiger partial charge in [-0.25, -0.2) is 0 Å². The summed E-state index contributed by atoms with van der Waals surface area (Å²) in [5.74, 6) is -0.396. The van der Waals surface area contributed by atoms with Crippen LogP contribution < -0.4 is 0 Å². The molecule has 1 aliphatic rings. The van der Waals surface area contributed by atoms with E-state index in [2.05, 4.69) is 0 Å². The van der Waals surface area contributed by atoms with Gasteiger partial charge >= 0.3 is 5.97 Å². The van der Waals surface area contributed by atoms with Crippen molar-refractivity contribution in [1.82, 2.24) is 4.90 Å². The van der Waals surface area contributed by atoms with E-state index in [0.29, 0.717) is 13.2 Å². The molecule has 1 amide bonds. The first-order chi connectivity index (χ1) is 8.69. The summed E-state index contributed by atoms with van der Waals surface area (Å²) in [4.78, 5) is 25.2. The predicted octanol–water partition coefficient (Wildman–Crippen LogP) is 1.92. The van der Waals surface area contributed by atoms with Crippen molar-refractivity contribution in [3.05, 3.63) is 24.3 Å². The van der Waals surface area contributed by atoms with Crippen molar-refractivity contribution in [2.75, 3.05) is 19.7 Å². The summed E-state index contributed by atoms with van der Waals surface area (Å²) in [6.07, 6.45) is 8.59. The van der Waals surface area contributed by atoms with Crippen LogP contribution in [0.15, 0.2) is 24.3 Å². The van der Waals surface area contributed by atoms with Gasteiger partial charge < -0.3 is 9.64 Å². The van der Waals surface area contributed by atoms with Gasteiger partial charge in [-0.1, -0.05) is 18.2 Å². The first-order valence-corrected chi connectivity index (χ1v) is 6.44. The van der Waals surface area contributed by atoms with E-state index >= 15 is 0 Å². The van der Waals surface area contributed by atoms with Crippen LogP contribution in [-0.2, 0) is 14.3 Å². The zero-order chi connectivity index (χ0) is 13.4. The van der Waals surface area contributed by atoms with Crippen molar-refractivity contribution in [3.8, 4) is 0 Å². The van der Waals surface area contributed by atoms with Gasteiger partial charge in [-0.3, -0.25) is 9.59 Å². The highest BCUT2D eigenvalue weighted by Gasteiger charge is 2.28. The molecule has 1 saturated heterocycles. The van der Waals surface area contributed by atoms with E-state index in [4.69, 9.17) is 4.74 Å². The average Bonchev–Trinajstić information content (AvgIpc) is 2.39. The molecule has 1 rings (SSSR count). The van der Waals surface area contributed by atoms with Gasteiger partial charge in [0.15, 0.2) is 0 Å². The summed E-state index contributed by atoms with van der Waals surface area (Å²) in [6.45, 7) is 5.27. The Labute approximate surface area is 108 Å². The van der Waals surface area contributed by atoms with Crippen LogP contribution in [0, 0.1) is 5.92 Å². The highest BCUT2D eigenvalue weighted by Crippen LogP contribution is 2.18. The molecule has 1 heterocycles. The Morgan fingerprint density at radius 2 is 2.17 bits per heavy atom. The SMILES string of the molecule is CC=CC=CC(=O)N1CCCC(C(=O)OCC)C1. The monoisotopic (exact) mass is 251 g/mol. The molecule has 4 heteroatoms. The molecule has 100 valence electrons. The maximum atomic E-state index is 11.9. The van der Waals surface area contributed by atoms with Crippen molar-refractivity contribution >= 4 is 11.9 Å². The largest absolute Gasteiger partial charge is 0.466 e. The fourth-order valence-corrected chi connectivity index (χ4v) is 1.98. The first-order valence-electron chi connectivity index (χ1n) is 6.44. The van der Waals surface area contributed by atoms with E-state index in [1.54, 1.807) is 17.9 Å². The van der Waals surface area contributed by atoms with Crippen molar-refractivity contribution < 1.29 is 14.3 Å². The first kappa shape index (κ1) is 14.5. The van der Waals surface area contributed by atoms with E-state index < -0.39 is 0 Å². The lowest BCUT2D eigenvalue weighted by molar-refractivity contribution is -0.150. The Morgan fingerprint density at radius 1 is 1.39 bits per heavy atom. The van der Waals surface area contributed by atoms with Crippen molar-refractivity contribution in [1.29, 1.82) is 0 Å². The molecule has 1 atom stereocenters. The minimum absolute atomic E-state index is 0.0397. The van der Waals surface area contributed by atoms with Gasteiger partial charge in [0.05, 0.1) is 12.5 Å². The Hall–Kier alpha value is -1.58. The quantitative estimate of drug-likeness (QED) is 0.435. The third-order valence-corrected chi connectivity index (χ3v) is 2.90. The van der Waals surface area contributed by atoms with Crippen molar-refractivity contribution in [2.45, 2.75) is 26.7 Å². The summed E-state index contributed by atoms with van der Waals surface area (Å²) in [6, 6.07) is 0. The maximum Gasteiger partial charge on any atom is 0.310 e. The molecule has 0 saturated carbocycles. The summed E-state index contributed by atoms with van der Waals surface area (Å²) in [7, 11) is 0. The fraction of sp³-hybridized carbons (Fsp3) is 0.571. The van der Waals surface area contributed by atoms with Crippen LogP contribution in [-0.4, -0.2) is 36.5 Å². The van der Waals surface area contributed by atoms with Crippen molar-refractivity contribution in [3.63, 3.8) is 0 Å². The van der Waals surface area contributed by atoms with Crippen LogP contribution in [0.1, 0.15) is 26.7 Å². The summed E-state index contributed by atoms with van der Waals surface area (Å²) < 4.78 is 5.00. The van der Waals surface area contributed by atoms with E-state index in [0.717, 1.165) is 19.4 Å². The number of amides is 1. The lowest BCUT2D eigenvalue weighted by Crippen LogP contribution is -2.42. The van der Waals surface area contributed by atoms with E-state index in [9.17, 15) is 9.59 Å². The number of allylic oxidation sites excluding steroid dienone is 3. The number of piperidine rings is 1.